The summed E-state index contributed by atoms with van der Waals surface area (Å²) in [4.78, 5) is -0.465. The number of benzene rings is 1. The Morgan fingerprint density at radius 2 is 1.92 bits per heavy atom. The molecular formula is C7H9LiO4S. The number of phenolic OH excluding ortho intramolecular Hbond substituents is 1. The molecule has 0 bridgehead atoms. The Balaban J connectivity index is 0. The maximum atomic E-state index is 10.6. The summed E-state index contributed by atoms with van der Waals surface area (Å²) in [7, 11) is -4.30. The van der Waals surface area contributed by atoms with E-state index in [1.807, 2.05) is 0 Å². The quantitative estimate of drug-likeness (QED) is 0.405. The Morgan fingerprint density at radius 3 is 2.31 bits per heavy atom. The van der Waals surface area contributed by atoms with Gasteiger partial charge in [0.05, 0.1) is 0 Å². The average molecular weight is 196 g/mol. The minimum Gasteiger partial charge on any atom is -1.00 e. The smallest absolute Gasteiger partial charge is 1.00 e. The van der Waals surface area contributed by atoms with E-state index in [0.717, 1.165) is 11.6 Å². The minimum atomic E-state index is -4.30. The van der Waals surface area contributed by atoms with Crippen molar-refractivity contribution in [3.05, 3.63) is 23.8 Å². The molecule has 0 saturated carbocycles. The van der Waals surface area contributed by atoms with E-state index in [2.05, 4.69) is 0 Å². The molecule has 13 heavy (non-hydrogen) atoms. The monoisotopic (exact) mass is 196 g/mol. The van der Waals surface area contributed by atoms with Crippen LogP contribution in [0.3, 0.4) is 0 Å². The van der Waals surface area contributed by atoms with Crippen molar-refractivity contribution in [2.24, 2.45) is 0 Å². The number of rotatable bonds is 1. The maximum absolute atomic E-state index is 10.6. The summed E-state index contributed by atoms with van der Waals surface area (Å²) >= 11 is 0. The first-order chi connectivity index (χ1) is 5.41. The molecule has 6 heteroatoms. The average Bonchev–Trinajstić information content (AvgIpc) is 1.83. The van der Waals surface area contributed by atoms with Gasteiger partial charge in [0, 0.05) is 0 Å². The molecule has 0 aromatic heterocycles. The van der Waals surface area contributed by atoms with Crippen LogP contribution in [0.4, 0.5) is 0 Å². The number of hydrogen-bond donors (Lipinski definition) is 2. The normalized spacial score (nSPS) is 10.6. The second-order valence-electron chi connectivity index (χ2n) is 2.45. The van der Waals surface area contributed by atoms with Crippen molar-refractivity contribution in [2.45, 2.75) is 11.8 Å². The Hall–Kier alpha value is -0.473. The number of hydrogen-bond acceptors (Lipinski definition) is 3. The second kappa shape index (κ2) is 4.16. The van der Waals surface area contributed by atoms with E-state index in [0.29, 0.717) is 0 Å². The number of aromatic hydroxyl groups is 1. The first-order valence-corrected chi connectivity index (χ1v) is 4.62. The Labute approximate surface area is 90.0 Å². The van der Waals surface area contributed by atoms with Crippen molar-refractivity contribution in [1.29, 1.82) is 0 Å². The van der Waals surface area contributed by atoms with Crippen molar-refractivity contribution in [3.63, 3.8) is 0 Å². The third kappa shape index (κ3) is 3.05. The molecule has 0 saturated heterocycles. The van der Waals surface area contributed by atoms with Gasteiger partial charge in [-0.3, -0.25) is 4.55 Å². The minimum absolute atomic E-state index is 0. The van der Waals surface area contributed by atoms with Crippen LogP contribution in [0.1, 0.15) is 6.99 Å². The van der Waals surface area contributed by atoms with Gasteiger partial charge in [-0.1, -0.05) is 6.07 Å². The van der Waals surface area contributed by atoms with Crippen LogP contribution in [0.2, 0.25) is 0 Å². The van der Waals surface area contributed by atoms with Crippen molar-refractivity contribution >= 4 is 10.1 Å². The number of aryl methyl sites for hydroxylation is 1. The van der Waals surface area contributed by atoms with Gasteiger partial charge in [-0.2, -0.15) is 8.42 Å². The summed E-state index contributed by atoms with van der Waals surface area (Å²) in [5.41, 5.74) is 0.722. The molecule has 68 valence electrons. The zero-order valence-electron chi connectivity index (χ0n) is 8.35. The second-order valence-corrected chi connectivity index (χ2v) is 3.84. The first-order valence-electron chi connectivity index (χ1n) is 3.18. The van der Waals surface area contributed by atoms with Crippen LogP contribution in [-0.4, -0.2) is 18.1 Å². The number of phenols is 1. The predicted molar refractivity (Wildman–Crippen MR) is 43.8 cm³/mol. The van der Waals surface area contributed by atoms with Gasteiger partial charge < -0.3 is 6.53 Å². The molecule has 0 spiro atoms. The third-order valence-corrected chi connectivity index (χ3v) is 2.29. The van der Waals surface area contributed by atoms with Gasteiger partial charge in [0.15, 0.2) is 0 Å². The van der Waals surface area contributed by atoms with Crippen LogP contribution in [0.15, 0.2) is 23.1 Å². The molecule has 1 rings (SSSR count). The molecule has 0 radical (unpaired) electrons. The Kier molecular flexibility index (Phi) is 4.01. The molecule has 0 aliphatic rings. The molecule has 0 heterocycles. The van der Waals surface area contributed by atoms with Crippen LogP contribution in [-0.2, 0) is 10.1 Å². The van der Waals surface area contributed by atoms with Crippen molar-refractivity contribution < 1.29 is 38.4 Å². The van der Waals surface area contributed by atoms with E-state index in [-0.39, 0.29) is 20.3 Å². The van der Waals surface area contributed by atoms with Crippen molar-refractivity contribution in [2.75, 3.05) is 0 Å². The summed E-state index contributed by atoms with van der Waals surface area (Å²) in [6.45, 7) is 1.70. The summed E-state index contributed by atoms with van der Waals surface area (Å²) in [5.74, 6) is -0.433. The topological polar surface area (TPSA) is 74.6 Å². The van der Waals surface area contributed by atoms with E-state index < -0.39 is 20.8 Å². The van der Waals surface area contributed by atoms with E-state index in [1.54, 1.807) is 6.92 Å². The summed E-state index contributed by atoms with van der Waals surface area (Å²) < 4.78 is 29.7. The van der Waals surface area contributed by atoms with Crippen LogP contribution in [0.25, 0.3) is 0 Å². The largest absolute Gasteiger partial charge is 1.00 e. The molecule has 1 aromatic rings. The zero-order chi connectivity index (χ0) is 9.35. The summed E-state index contributed by atoms with van der Waals surface area (Å²) in [6, 6.07) is 3.91. The molecule has 0 fully saturated rings. The Morgan fingerprint density at radius 1 is 1.38 bits per heavy atom. The molecule has 1 aromatic carbocycles. The summed E-state index contributed by atoms with van der Waals surface area (Å²) in [6.07, 6.45) is 0. The van der Waals surface area contributed by atoms with Crippen LogP contribution in [0.5, 0.6) is 5.75 Å². The van der Waals surface area contributed by atoms with Crippen LogP contribution < -0.4 is 18.9 Å². The van der Waals surface area contributed by atoms with Gasteiger partial charge in [0.1, 0.15) is 10.6 Å². The SMILES string of the molecule is Cc1ccc(S(=O)(=O)O)c(O)c1.[H-].[Li+]. The van der Waals surface area contributed by atoms with Gasteiger partial charge in [0.2, 0.25) is 0 Å². The standard InChI is InChI=1S/C7H8O4S.Li.H/c1-5-2-3-7(6(8)4-5)12(9,10)11;;/h2-4,8H,1H3,(H,9,10,11);;/q;+1;-1. The van der Waals surface area contributed by atoms with Gasteiger partial charge >= 0.3 is 18.9 Å². The molecule has 0 amide bonds. The fourth-order valence-corrected chi connectivity index (χ4v) is 1.41. The predicted octanol–water partition coefficient (Wildman–Crippen LogP) is -1.94. The third-order valence-electron chi connectivity index (χ3n) is 1.39. The zero-order valence-corrected chi connectivity index (χ0v) is 8.17. The fourth-order valence-electron chi connectivity index (χ4n) is 0.846. The Bertz CT molecular complexity index is 404. The molecule has 0 aliphatic carbocycles. The van der Waals surface area contributed by atoms with Gasteiger partial charge in [0.25, 0.3) is 10.1 Å². The van der Waals surface area contributed by atoms with Crippen LogP contribution >= 0.6 is 0 Å². The van der Waals surface area contributed by atoms with Gasteiger partial charge in [-0.25, -0.2) is 0 Å². The molecule has 0 aliphatic heterocycles. The van der Waals surface area contributed by atoms with E-state index in [9.17, 15) is 8.42 Å². The van der Waals surface area contributed by atoms with E-state index >= 15 is 0 Å². The summed E-state index contributed by atoms with van der Waals surface area (Å²) in [5, 5.41) is 9.09. The van der Waals surface area contributed by atoms with E-state index in [4.69, 9.17) is 9.66 Å². The molecule has 2 N–H and O–H groups in total. The maximum Gasteiger partial charge on any atom is 1.00 e. The van der Waals surface area contributed by atoms with Gasteiger partial charge in [-0.15, -0.1) is 0 Å². The molecule has 4 nitrogen and oxygen atoms in total. The van der Waals surface area contributed by atoms with E-state index in [1.165, 1.54) is 12.1 Å². The molecule has 0 unspecified atom stereocenters. The molecule has 0 atom stereocenters. The van der Waals surface area contributed by atoms with Crippen LogP contribution in [0, 0.1) is 6.92 Å². The fraction of sp³-hybridized carbons (Fsp3) is 0.143. The van der Waals surface area contributed by atoms with Crippen molar-refractivity contribution in [3.8, 4) is 5.75 Å². The van der Waals surface area contributed by atoms with Gasteiger partial charge in [-0.05, 0) is 24.6 Å². The van der Waals surface area contributed by atoms with Crippen molar-refractivity contribution in [1.82, 2.24) is 0 Å². The first kappa shape index (κ1) is 12.5. The molecular weight excluding hydrogens is 187 g/mol.